The van der Waals surface area contributed by atoms with Gasteiger partial charge in [-0.3, -0.25) is 0 Å². The first-order chi connectivity index (χ1) is 7.85. The molecule has 2 aromatic carbocycles. The number of rotatable bonds is 0. The smallest absolute Gasteiger partial charge is 0.101 e. The minimum atomic E-state index is 0.436. The molecule has 2 heteroatoms. The molecule has 2 nitrogen and oxygen atoms in total. The van der Waals surface area contributed by atoms with Gasteiger partial charge >= 0.3 is 0 Å². The van der Waals surface area contributed by atoms with Crippen molar-refractivity contribution in [3.8, 4) is 12.1 Å². The molecule has 0 heterocycles. The summed E-state index contributed by atoms with van der Waals surface area (Å²) in [5, 5.41) is 19.6. The van der Waals surface area contributed by atoms with E-state index in [1.807, 2.05) is 50.3 Å². The first-order valence-electron chi connectivity index (χ1n) is 5.18. The van der Waals surface area contributed by atoms with Gasteiger partial charge in [-0.25, -0.2) is 0 Å². The van der Waals surface area contributed by atoms with Crippen molar-refractivity contribution in [2.75, 3.05) is 0 Å². The average molecular weight is 208 g/mol. The Kier molecular flexibility index (Phi) is 4.07. The lowest BCUT2D eigenvalue weighted by Crippen LogP contribution is -1.83. The van der Waals surface area contributed by atoms with Crippen LogP contribution in [0, 0.1) is 22.7 Å². The first-order valence-corrected chi connectivity index (χ1v) is 5.18. The monoisotopic (exact) mass is 208 g/mol. The topological polar surface area (TPSA) is 47.6 Å². The van der Waals surface area contributed by atoms with Crippen molar-refractivity contribution in [1.82, 2.24) is 0 Å². The molecular weight excluding hydrogens is 196 g/mol. The van der Waals surface area contributed by atoms with Crippen molar-refractivity contribution in [1.29, 1.82) is 10.5 Å². The Morgan fingerprint density at radius 3 is 1.50 bits per heavy atom. The fraction of sp³-hybridized carbons (Fsp3) is 0.143. The minimum Gasteiger partial charge on any atom is -0.192 e. The van der Waals surface area contributed by atoms with Gasteiger partial charge in [-0.1, -0.05) is 38.1 Å². The van der Waals surface area contributed by atoms with E-state index < -0.39 is 0 Å². The van der Waals surface area contributed by atoms with Gasteiger partial charge in [-0.15, -0.1) is 0 Å². The summed E-state index contributed by atoms with van der Waals surface area (Å²) in [5.41, 5.74) is 0.873. The molecule has 0 fully saturated rings. The van der Waals surface area contributed by atoms with Crippen molar-refractivity contribution >= 4 is 10.8 Å². The molecule has 0 atom stereocenters. The molecule has 0 amide bonds. The zero-order chi connectivity index (χ0) is 12.0. The molecule has 0 radical (unpaired) electrons. The van der Waals surface area contributed by atoms with E-state index in [1.54, 1.807) is 12.1 Å². The first kappa shape index (κ1) is 11.8. The van der Waals surface area contributed by atoms with Gasteiger partial charge in [0, 0.05) is 0 Å². The van der Waals surface area contributed by atoms with Gasteiger partial charge in [0.1, 0.15) is 12.1 Å². The summed E-state index contributed by atoms with van der Waals surface area (Å²) in [6.45, 7) is 4.00. The highest BCUT2D eigenvalue weighted by Crippen LogP contribution is 2.18. The Bertz CT molecular complexity index is 519. The normalized spacial score (nSPS) is 8.50. The highest BCUT2D eigenvalue weighted by molar-refractivity contribution is 5.85. The molecule has 16 heavy (non-hydrogen) atoms. The Labute approximate surface area is 95.4 Å². The van der Waals surface area contributed by atoms with E-state index in [1.165, 1.54) is 0 Å². The number of hydrogen-bond donors (Lipinski definition) is 0. The van der Waals surface area contributed by atoms with Gasteiger partial charge in [-0.05, 0) is 22.9 Å². The lowest BCUT2D eigenvalue weighted by atomic mass is 10.0. The van der Waals surface area contributed by atoms with E-state index in [4.69, 9.17) is 10.5 Å². The number of nitriles is 2. The van der Waals surface area contributed by atoms with Crippen LogP contribution in [0.15, 0.2) is 36.4 Å². The summed E-state index contributed by atoms with van der Waals surface area (Å²) in [5.74, 6) is 0. The number of hydrogen-bond acceptors (Lipinski definition) is 2. The number of benzene rings is 2. The van der Waals surface area contributed by atoms with Crippen LogP contribution in [0.3, 0.4) is 0 Å². The van der Waals surface area contributed by atoms with E-state index in [-0.39, 0.29) is 0 Å². The van der Waals surface area contributed by atoms with Crippen molar-refractivity contribution < 1.29 is 0 Å². The Morgan fingerprint density at radius 1 is 0.812 bits per heavy atom. The molecule has 0 bridgehead atoms. The second kappa shape index (κ2) is 5.53. The van der Waals surface area contributed by atoms with Gasteiger partial charge in [-0.2, -0.15) is 10.5 Å². The summed E-state index contributed by atoms with van der Waals surface area (Å²) in [4.78, 5) is 0. The summed E-state index contributed by atoms with van der Waals surface area (Å²) in [6.07, 6.45) is 0. The molecule has 0 aliphatic rings. The minimum absolute atomic E-state index is 0.436. The molecule has 0 aromatic heterocycles. The van der Waals surface area contributed by atoms with E-state index in [0.717, 1.165) is 10.8 Å². The van der Waals surface area contributed by atoms with Crippen LogP contribution >= 0.6 is 0 Å². The predicted octanol–water partition coefficient (Wildman–Crippen LogP) is 3.61. The van der Waals surface area contributed by atoms with Gasteiger partial charge in [0.05, 0.1) is 11.1 Å². The van der Waals surface area contributed by atoms with E-state index in [9.17, 15) is 0 Å². The fourth-order valence-corrected chi connectivity index (χ4v) is 1.43. The molecule has 0 N–H and O–H groups in total. The lowest BCUT2D eigenvalue weighted by molar-refractivity contribution is 1.45. The Hall–Kier alpha value is -2.32. The van der Waals surface area contributed by atoms with Crippen LogP contribution in [0.25, 0.3) is 10.8 Å². The van der Waals surface area contributed by atoms with E-state index in [2.05, 4.69) is 0 Å². The van der Waals surface area contributed by atoms with Gasteiger partial charge in [0.15, 0.2) is 0 Å². The number of fused-ring (bicyclic) bond motifs is 1. The van der Waals surface area contributed by atoms with Crippen molar-refractivity contribution in [2.45, 2.75) is 13.8 Å². The molecule has 0 aliphatic carbocycles. The standard InChI is InChI=1S/C12H6N2.C2H6/c13-7-11-5-9-3-1-2-4-10(9)6-12(11)8-14;1-2/h1-6H;1-2H3. The highest BCUT2D eigenvalue weighted by atomic mass is 14.3. The van der Waals surface area contributed by atoms with E-state index in [0.29, 0.717) is 11.1 Å². The van der Waals surface area contributed by atoms with Crippen molar-refractivity contribution in [3.63, 3.8) is 0 Å². The van der Waals surface area contributed by atoms with Crippen LogP contribution in [0.1, 0.15) is 25.0 Å². The number of nitrogens with zero attached hydrogens (tertiary/aromatic N) is 2. The summed E-state index contributed by atoms with van der Waals surface area (Å²) in [6, 6.07) is 15.2. The van der Waals surface area contributed by atoms with Crippen LogP contribution in [0.2, 0.25) is 0 Å². The molecule has 0 unspecified atom stereocenters. The maximum absolute atomic E-state index is 8.81. The van der Waals surface area contributed by atoms with Crippen molar-refractivity contribution in [3.05, 3.63) is 47.5 Å². The van der Waals surface area contributed by atoms with Crippen LogP contribution in [0.4, 0.5) is 0 Å². The SMILES string of the molecule is CC.N#Cc1cc2ccccc2cc1C#N. The zero-order valence-electron chi connectivity index (χ0n) is 9.36. The molecule has 2 rings (SSSR count). The van der Waals surface area contributed by atoms with Crippen LogP contribution < -0.4 is 0 Å². The molecule has 0 saturated carbocycles. The predicted molar refractivity (Wildman–Crippen MR) is 64.7 cm³/mol. The molecule has 2 aromatic rings. The third-order valence-corrected chi connectivity index (χ3v) is 2.13. The van der Waals surface area contributed by atoms with Gasteiger partial charge in [0.2, 0.25) is 0 Å². The molecular formula is C14H12N2. The molecule has 78 valence electrons. The van der Waals surface area contributed by atoms with Crippen LogP contribution in [-0.4, -0.2) is 0 Å². The molecule has 0 aliphatic heterocycles. The fourth-order valence-electron chi connectivity index (χ4n) is 1.43. The molecule has 0 spiro atoms. The van der Waals surface area contributed by atoms with Gasteiger partial charge < -0.3 is 0 Å². The summed E-state index contributed by atoms with van der Waals surface area (Å²) in [7, 11) is 0. The van der Waals surface area contributed by atoms with E-state index >= 15 is 0 Å². The maximum atomic E-state index is 8.81. The van der Waals surface area contributed by atoms with Crippen LogP contribution in [-0.2, 0) is 0 Å². The second-order valence-electron chi connectivity index (χ2n) is 2.97. The van der Waals surface area contributed by atoms with Crippen LogP contribution in [0.5, 0.6) is 0 Å². The second-order valence-corrected chi connectivity index (χ2v) is 2.97. The summed E-state index contributed by atoms with van der Waals surface area (Å²) >= 11 is 0. The Morgan fingerprint density at radius 2 is 1.19 bits per heavy atom. The Balaban J connectivity index is 0.000000606. The maximum Gasteiger partial charge on any atom is 0.101 e. The highest BCUT2D eigenvalue weighted by Gasteiger charge is 2.02. The molecule has 0 saturated heterocycles. The average Bonchev–Trinajstić information content (AvgIpc) is 2.39. The lowest BCUT2D eigenvalue weighted by Gasteiger charge is -1.99. The third-order valence-electron chi connectivity index (χ3n) is 2.13. The zero-order valence-corrected chi connectivity index (χ0v) is 9.36. The summed E-state index contributed by atoms with van der Waals surface area (Å²) < 4.78 is 0. The van der Waals surface area contributed by atoms with Crippen molar-refractivity contribution in [2.24, 2.45) is 0 Å². The largest absolute Gasteiger partial charge is 0.192 e. The third kappa shape index (κ3) is 2.19. The quantitative estimate of drug-likeness (QED) is 0.664. The van der Waals surface area contributed by atoms with Gasteiger partial charge in [0.25, 0.3) is 0 Å².